The van der Waals surface area contributed by atoms with Gasteiger partial charge in [-0.15, -0.1) is 11.6 Å². The second-order valence-electron chi connectivity index (χ2n) is 5.26. The van der Waals surface area contributed by atoms with Gasteiger partial charge in [0.1, 0.15) is 5.60 Å². The number of aromatic nitrogens is 1. The van der Waals surface area contributed by atoms with E-state index in [0.29, 0.717) is 16.2 Å². The van der Waals surface area contributed by atoms with E-state index >= 15 is 0 Å². The zero-order chi connectivity index (χ0) is 14.2. The lowest BCUT2D eigenvalue weighted by atomic mass is 10.2. The number of carbonyl (C=O) groups excluding carboxylic acids is 1. The third-order valence-electron chi connectivity index (χ3n) is 2.58. The van der Waals surface area contributed by atoms with E-state index in [-0.39, 0.29) is 5.88 Å². The van der Waals surface area contributed by atoms with Crippen LogP contribution in [0.5, 0.6) is 0 Å². The van der Waals surface area contributed by atoms with Gasteiger partial charge in [0, 0.05) is 16.1 Å². The number of carbonyl (C=O) groups is 1. The van der Waals surface area contributed by atoms with Gasteiger partial charge in [0.25, 0.3) is 0 Å². The molecule has 0 bridgehead atoms. The van der Waals surface area contributed by atoms with Crippen LogP contribution in [0, 0.1) is 0 Å². The molecular weight excluding hydrogens is 285 g/mol. The first-order valence-electron chi connectivity index (χ1n) is 5.91. The van der Waals surface area contributed by atoms with Gasteiger partial charge in [-0.2, -0.15) is 0 Å². The summed E-state index contributed by atoms with van der Waals surface area (Å²) in [5.41, 5.74) is 0.812. The fourth-order valence-electron chi connectivity index (χ4n) is 1.87. The Balaban J connectivity index is 2.58. The van der Waals surface area contributed by atoms with Gasteiger partial charge >= 0.3 is 6.09 Å². The van der Waals surface area contributed by atoms with Gasteiger partial charge in [-0.05, 0) is 39.0 Å². The molecule has 0 radical (unpaired) electrons. The predicted molar refractivity (Wildman–Crippen MR) is 78.1 cm³/mol. The molecule has 0 aliphatic heterocycles. The Morgan fingerprint density at radius 3 is 2.63 bits per heavy atom. The molecule has 1 heterocycles. The Bertz CT molecular complexity index is 626. The molecule has 2 rings (SSSR count). The quantitative estimate of drug-likeness (QED) is 0.707. The Kier molecular flexibility index (Phi) is 3.79. The smallest absolute Gasteiger partial charge is 0.419 e. The number of rotatable bonds is 1. The van der Waals surface area contributed by atoms with Gasteiger partial charge in [-0.25, -0.2) is 9.36 Å². The molecule has 0 amide bonds. The summed E-state index contributed by atoms with van der Waals surface area (Å²) in [4.78, 5) is 12.3. The number of fused-ring (bicyclic) bond motifs is 1. The van der Waals surface area contributed by atoms with E-state index < -0.39 is 11.7 Å². The molecule has 0 atom stereocenters. The molecule has 2 aromatic rings. The molecule has 0 fully saturated rings. The van der Waals surface area contributed by atoms with Crippen molar-refractivity contribution in [3.05, 3.63) is 35.0 Å². The second-order valence-corrected chi connectivity index (χ2v) is 5.93. The van der Waals surface area contributed by atoms with E-state index in [1.54, 1.807) is 12.1 Å². The topological polar surface area (TPSA) is 31.2 Å². The van der Waals surface area contributed by atoms with Crippen LogP contribution < -0.4 is 0 Å². The number of ether oxygens (including phenoxy) is 1. The highest BCUT2D eigenvalue weighted by atomic mass is 35.5. The van der Waals surface area contributed by atoms with E-state index in [9.17, 15) is 4.79 Å². The third-order valence-corrected chi connectivity index (χ3v) is 3.19. The fraction of sp³-hybridized carbons (Fsp3) is 0.357. The minimum atomic E-state index is -0.560. The monoisotopic (exact) mass is 299 g/mol. The largest absolute Gasteiger partial charge is 0.443 e. The van der Waals surface area contributed by atoms with Crippen LogP contribution >= 0.6 is 23.2 Å². The van der Waals surface area contributed by atoms with Crippen molar-refractivity contribution in [1.29, 1.82) is 0 Å². The van der Waals surface area contributed by atoms with Crippen LogP contribution in [0.2, 0.25) is 5.02 Å². The molecule has 1 aromatic carbocycles. The first-order chi connectivity index (χ1) is 8.83. The molecule has 5 heteroatoms. The summed E-state index contributed by atoms with van der Waals surface area (Å²) in [6.45, 7) is 5.47. The van der Waals surface area contributed by atoms with Crippen molar-refractivity contribution in [3.63, 3.8) is 0 Å². The molecule has 1 aromatic heterocycles. The summed E-state index contributed by atoms with van der Waals surface area (Å²) < 4.78 is 6.87. The first kappa shape index (κ1) is 14.2. The summed E-state index contributed by atoms with van der Waals surface area (Å²) in [6, 6.07) is 7.21. The van der Waals surface area contributed by atoms with Gasteiger partial charge in [-0.3, -0.25) is 0 Å². The molecular formula is C14H15Cl2NO2. The highest BCUT2D eigenvalue weighted by Crippen LogP contribution is 2.28. The second kappa shape index (κ2) is 5.06. The van der Waals surface area contributed by atoms with E-state index in [0.717, 1.165) is 5.39 Å². The van der Waals surface area contributed by atoms with Crippen molar-refractivity contribution < 1.29 is 9.53 Å². The van der Waals surface area contributed by atoms with Crippen molar-refractivity contribution in [2.75, 3.05) is 0 Å². The summed E-state index contributed by atoms with van der Waals surface area (Å²) >= 11 is 12.0. The standard InChI is InChI=1S/C14H15Cl2NO2/c1-14(2,3)19-13(18)17-9(8-15)7-10-11(16)5-4-6-12(10)17/h4-7H,8H2,1-3H3. The van der Waals surface area contributed by atoms with Gasteiger partial charge in [-0.1, -0.05) is 17.7 Å². The Morgan fingerprint density at radius 2 is 2.05 bits per heavy atom. The van der Waals surface area contributed by atoms with Gasteiger partial charge in [0.2, 0.25) is 0 Å². The Hall–Kier alpha value is -1.19. The summed E-state index contributed by atoms with van der Waals surface area (Å²) in [6.07, 6.45) is -0.444. The van der Waals surface area contributed by atoms with Crippen molar-refractivity contribution >= 4 is 40.2 Å². The lowest BCUT2D eigenvalue weighted by Crippen LogP contribution is -2.27. The Morgan fingerprint density at radius 1 is 1.37 bits per heavy atom. The molecule has 102 valence electrons. The van der Waals surface area contributed by atoms with Gasteiger partial charge in [0.15, 0.2) is 0 Å². The van der Waals surface area contributed by atoms with Gasteiger partial charge < -0.3 is 4.74 Å². The van der Waals surface area contributed by atoms with Crippen molar-refractivity contribution in [2.45, 2.75) is 32.3 Å². The van der Waals surface area contributed by atoms with Crippen LogP contribution in [0.25, 0.3) is 10.9 Å². The van der Waals surface area contributed by atoms with Crippen molar-refractivity contribution in [1.82, 2.24) is 4.57 Å². The molecule has 0 aliphatic carbocycles. The van der Waals surface area contributed by atoms with Crippen LogP contribution in [0.1, 0.15) is 26.5 Å². The van der Waals surface area contributed by atoms with Crippen LogP contribution in [-0.2, 0) is 10.6 Å². The average Bonchev–Trinajstić information content (AvgIpc) is 2.66. The van der Waals surface area contributed by atoms with Gasteiger partial charge in [0.05, 0.1) is 11.4 Å². The maximum absolute atomic E-state index is 12.3. The molecule has 0 aliphatic rings. The minimum Gasteiger partial charge on any atom is -0.443 e. The van der Waals surface area contributed by atoms with E-state index in [1.165, 1.54) is 4.57 Å². The lowest BCUT2D eigenvalue weighted by molar-refractivity contribution is 0.0541. The van der Waals surface area contributed by atoms with E-state index in [2.05, 4.69) is 0 Å². The van der Waals surface area contributed by atoms with Crippen molar-refractivity contribution in [3.8, 4) is 0 Å². The number of benzene rings is 1. The number of nitrogens with zero attached hydrogens (tertiary/aromatic N) is 1. The zero-order valence-corrected chi connectivity index (χ0v) is 12.5. The third kappa shape index (κ3) is 2.88. The normalized spacial score (nSPS) is 11.8. The Labute approximate surface area is 122 Å². The molecule has 0 saturated carbocycles. The van der Waals surface area contributed by atoms with Crippen molar-refractivity contribution in [2.24, 2.45) is 0 Å². The van der Waals surface area contributed by atoms with Crippen LogP contribution in [0.4, 0.5) is 4.79 Å². The lowest BCUT2D eigenvalue weighted by Gasteiger charge is -2.20. The SMILES string of the molecule is CC(C)(C)OC(=O)n1c(CCl)cc2c(Cl)cccc21. The zero-order valence-electron chi connectivity index (χ0n) is 11.0. The van der Waals surface area contributed by atoms with Crippen LogP contribution in [-0.4, -0.2) is 16.3 Å². The number of halogens is 2. The number of alkyl halides is 1. The summed E-state index contributed by atoms with van der Waals surface area (Å²) in [5.74, 6) is 0.213. The molecule has 3 nitrogen and oxygen atoms in total. The van der Waals surface area contributed by atoms with Crippen LogP contribution in [0.3, 0.4) is 0 Å². The summed E-state index contributed by atoms with van der Waals surface area (Å²) in [5, 5.41) is 1.39. The predicted octanol–water partition coefficient (Wildman–Crippen LogP) is 4.82. The molecule has 0 spiro atoms. The number of hydrogen-bond donors (Lipinski definition) is 0. The highest BCUT2D eigenvalue weighted by Gasteiger charge is 2.22. The number of hydrogen-bond acceptors (Lipinski definition) is 2. The fourth-order valence-corrected chi connectivity index (χ4v) is 2.29. The highest BCUT2D eigenvalue weighted by molar-refractivity contribution is 6.35. The molecule has 0 unspecified atom stereocenters. The maximum Gasteiger partial charge on any atom is 0.419 e. The maximum atomic E-state index is 12.3. The molecule has 19 heavy (non-hydrogen) atoms. The van der Waals surface area contributed by atoms with E-state index in [1.807, 2.05) is 32.9 Å². The average molecular weight is 300 g/mol. The molecule has 0 N–H and O–H groups in total. The first-order valence-corrected chi connectivity index (χ1v) is 6.83. The minimum absolute atomic E-state index is 0.213. The molecule has 0 saturated heterocycles. The van der Waals surface area contributed by atoms with Crippen LogP contribution in [0.15, 0.2) is 24.3 Å². The summed E-state index contributed by atoms with van der Waals surface area (Å²) in [7, 11) is 0. The van der Waals surface area contributed by atoms with E-state index in [4.69, 9.17) is 27.9 Å².